The quantitative estimate of drug-likeness (QED) is 0.232. The maximum absolute atomic E-state index is 13.6. The van der Waals surface area contributed by atoms with Crippen molar-refractivity contribution in [3.8, 4) is 11.8 Å². The minimum Gasteiger partial charge on any atom is -0.445 e. The van der Waals surface area contributed by atoms with Gasteiger partial charge in [0.1, 0.15) is 18.2 Å². The van der Waals surface area contributed by atoms with Crippen LogP contribution in [0.1, 0.15) is 23.8 Å². The molecule has 9 nitrogen and oxygen atoms in total. The van der Waals surface area contributed by atoms with Crippen LogP contribution in [0.5, 0.6) is 0 Å². The third kappa shape index (κ3) is 6.57. The molecule has 1 fully saturated rings. The number of rotatable bonds is 6. The number of fused-ring (bicyclic) bond motifs is 2. The zero-order chi connectivity index (χ0) is 27.5. The molecule has 6 rings (SSSR count). The van der Waals surface area contributed by atoms with Gasteiger partial charge >= 0.3 is 6.09 Å². The van der Waals surface area contributed by atoms with E-state index in [1.54, 1.807) is 12.3 Å². The van der Waals surface area contributed by atoms with Crippen LogP contribution < -0.4 is 16.0 Å². The van der Waals surface area contributed by atoms with Crippen molar-refractivity contribution in [3.05, 3.63) is 77.3 Å². The molecule has 2 unspecified atom stereocenters. The van der Waals surface area contributed by atoms with Gasteiger partial charge in [0.2, 0.25) is 0 Å². The molecular formula is C29H27ClFN7O2S. The lowest BCUT2D eigenvalue weighted by Gasteiger charge is -2.10. The van der Waals surface area contributed by atoms with Gasteiger partial charge in [0.05, 0.1) is 39.4 Å². The Morgan fingerprint density at radius 2 is 2.15 bits per heavy atom. The number of benzene rings is 2. The van der Waals surface area contributed by atoms with E-state index in [9.17, 15) is 9.18 Å². The number of carbonyl (C=O) groups excluding carboxylic acids is 1. The first-order valence-corrected chi connectivity index (χ1v) is 13.8. The summed E-state index contributed by atoms with van der Waals surface area (Å²) in [5.74, 6) is 6.92. The fourth-order valence-corrected chi connectivity index (χ4v) is 5.56. The lowest BCUT2D eigenvalue weighted by atomic mass is 10.2. The van der Waals surface area contributed by atoms with E-state index in [-0.39, 0.29) is 30.4 Å². The summed E-state index contributed by atoms with van der Waals surface area (Å²) in [7, 11) is 0. The van der Waals surface area contributed by atoms with Crippen molar-refractivity contribution in [2.24, 2.45) is 0 Å². The van der Waals surface area contributed by atoms with Crippen LogP contribution in [-0.2, 0) is 11.3 Å². The molecule has 1 aliphatic rings. The number of ether oxygens (including phenoxy) is 1. The molecule has 2 aromatic carbocycles. The van der Waals surface area contributed by atoms with Gasteiger partial charge in [-0.15, -0.1) is 23.7 Å². The Bertz CT molecular complexity index is 1760. The van der Waals surface area contributed by atoms with Gasteiger partial charge in [0, 0.05) is 30.6 Å². The maximum Gasteiger partial charge on any atom is 0.407 e. The minimum atomic E-state index is -0.400. The third-order valence-electron chi connectivity index (χ3n) is 6.49. The normalized spacial score (nSPS) is 16.1. The smallest absolute Gasteiger partial charge is 0.407 e. The zero-order valence-electron chi connectivity index (χ0n) is 22.1. The summed E-state index contributed by atoms with van der Waals surface area (Å²) in [4.78, 5) is 21.4. The predicted molar refractivity (Wildman–Crippen MR) is 160 cm³/mol. The summed E-state index contributed by atoms with van der Waals surface area (Å²) in [6, 6.07) is 14.4. The standard InChI is InChI=1S/C29H26FN7O2S.ClH/c1-2-31-29(38)39-23-12-21(32-15-23)6-8-24-13-25-27(40-24)28(34-17-33-25)36-22-7-9-26-19(11-22)14-35-37(26)16-18-4-3-5-20(30)10-18;/h3-5,7,9-11,13-14,17,21,23,32H,2,12,15-16H2,1H3,(H,31,38)(H,33,34,36);1H. The van der Waals surface area contributed by atoms with E-state index in [0.717, 1.165) is 37.2 Å². The first kappa shape index (κ1) is 28.3. The zero-order valence-corrected chi connectivity index (χ0v) is 23.7. The van der Waals surface area contributed by atoms with E-state index in [0.29, 0.717) is 31.9 Å². The van der Waals surface area contributed by atoms with Crippen LogP contribution in [0.3, 0.4) is 0 Å². The minimum absolute atomic E-state index is 0. The van der Waals surface area contributed by atoms with Crippen molar-refractivity contribution >= 4 is 62.5 Å². The van der Waals surface area contributed by atoms with Gasteiger partial charge in [-0.2, -0.15) is 5.10 Å². The number of halogens is 2. The van der Waals surface area contributed by atoms with E-state index in [4.69, 9.17) is 4.74 Å². The van der Waals surface area contributed by atoms with Crippen LogP contribution in [0.4, 0.5) is 20.7 Å². The number of hydrogen-bond donors (Lipinski definition) is 3. The van der Waals surface area contributed by atoms with Crippen LogP contribution in [0.2, 0.25) is 0 Å². The Hall–Kier alpha value is -4.24. The van der Waals surface area contributed by atoms with Crippen LogP contribution in [-0.4, -0.2) is 51.1 Å². The number of nitrogens with one attached hydrogen (secondary N) is 3. The number of nitrogens with zero attached hydrogens (tertiary/aromatic N) is 4. The van der Waals surface area contributed by atoms with Crippen molar-refractivity contribution in [2.45, 2.75) is 32.0 Å². The fraction of sp³-hybridized carbons (Fsp3) is 0.241. The molecule has 0 spiro atoms. The second kappa shape index (κ2) is 12.5. The SMILES string of the molecule is CCNC(=O)OC1CNC(C#Cc2cc3ncnc(Nc4ccc5c(cnn5Cc5cccc(F)c5)c4)c3s2)C1.Cl. The van der Waals surface area contributed by atoms with E-state index in [2.05, 4.69) is 42.9 Å². The van der Waals surface area contributed by atoms with E-state index < -0.39 is 6.09 Å². The molecule has 0 bridgehead atoms. The molecule has 1 aliphatic heterocycles. The lowest BCUT2D eigenvalue weighted by molar-refractivity contribution is 0.107. The molecule has 4 heterocycles. The number of hydrogen-bond acceptors (Lipinski definition) is 8. The average Bonchev–Trinajstić information content (AvgIpc) is 3.67. The predicted octanol–water partition coefficient (Wildman–Crippen LogP) is 5.22. The van der Waals surface area contributed by atoms with Crippen LogP contribution >= 0.6 is 23.7 Å². The van der Waals surface area contributed by atoms with Crippen molar-refractivity contribution in [1.82, 2.24) is 30.4 Å². The molecule has 1 amide bonds. The Labute approximate surface area is 245 Å². The molecule has 2 atom stereocenters. The Morgan fingerprint density at radius 3 is 3.00 bits per heavy atom. The summed E-state index contributed by atoms with van der Waals surface area (Å²) in [6.45, 7) is 3.45. The number of thiophene rings is 1. The number of carbonyl (C=O) groups is 1. The highest BCUT2D eigenvalue weighted by Crippen LogP contribution is 2.31. The maximum atomic E-state index is 13.6. The molecule has 3 N–H and O–H groups in total. The Morgan fingerprint density at radius 1 is 1.24 bits per heavy atom. The topological polar surface area (TPSA) is 106 Å². The summed E-state index contributed by atoms with van der Waals surface area (Å²) in [6.07, 6.45) is 3.38. The summed E-state index contributed by atoms with van der Waals surface area (Å²) in [5, 5.41) is 14.8. The van der Waals surface area contributed by atoms with Crippen molar-refractivity contribution in [3.63, 3.8) is 0 Å². The largest absolute Gasteiger partial charge is 0.445 e. The molecule has 0 saturated carbocycles. The van der Waals surface area contributed by atoms with Crippen LogP contribution in [0.25, 0.3) is 21.1 Å². The van der Waals surface area contributed by atoms with E-state index in [1.165, 1.54) is 29.8 Å². The molecule has 210 valence electrons. The monoisotopic (exact) mass is 591 g/mol. The first-order valence-electron chi connectivity index (χ1n) is 12.9. The van der Waals surface area contributed by atoms with Gasteiger partial charge in [-0.05, 0) is 48.9 Å². The van der Waals surface area contributed by atoms with Gasteiger partial charge in [0.25, 0.3) is 0 Å². The number of amides is 1. The van der Waals surface area contributed by atoms with Gasteiger partial charge in [-0.3, -0.25) is 10.00 Å². The molecule has 12 heteroatoms. The summed E-state index contributed by atoms with van der Waals surface area (Å²) < 4.78 is 21.7. The Balaban J connectivity index is 0.00000337. The molecular weight excluding hydrogens is 565 g/mol. The summed E-state index contributed by atoms with van der Waals surface area (Å²) in [5.41, 5.74) is 3.48. The highest BCUT2D eigenvalue weighted by atomic mass is 35.5. The van der Waals surface area contributed by atoms with Crippen LogP contribution in [0, 0.1) is 17.7 Å². The molecule has 5 aromatic rings. The van der Waals surface area contributed by atoms with Gasteiger partial charge in [-0.25, -0.2) is 19.2 Å². The molecule has 41 heavy (non-hydrogen) atoms. The second-order valence-electron chi connectivity index (χ2n) is 9.40. The van der Waals surface area contributed by atoms with Crippen molar-refractivity contribution < 1.29 is 13.9 Å². The second-order valence-corrected chi connectivity index (χ2v) is 10.5. The van der Waals surface area contributed by atoms with Crippen molar-refractivity contribution in [1.29, 1.82) is 0 Å². The highest BCUT2D eigenvalue weighted by molar-refractivity contribution is 7.20. The molecule has 0 aliphatic carbocycles. The van der Waals surface area contributed by atoms with E-state index in [1.807, 2.05) is 41.9 Å². The number of anilines is 2. The van der Waals surface area contributed by atoms with Gasteiger partial charge in [-0.1, -0.05) is 24.0 Å². The molecule has 3 aromatic heterocycles. The highest BCUT2D eigenvalue weighted by Gasteiger charge is 2.25. The molecule has 1 saturated heterocycles. The summed E-state index contributed by atoms with van der Waals surface area (Å²) >= 11 is 1.52. The fourth-order valence-electron chi connectivity index (χ4n) is 4.64. The average molecular weight is 592 g/mol. The van der Waals surface area contributed by atoms with Gasteiger partial charge < -0.3 is 15.4 Å². The lowest BCUT2D eigenvalue weighted by Crippen LogP contribution is -2.29. The third-order valence-corrected chi connectivity index (χ3v) is 7.54. The molecule has 0 radical (unpaired) electrons. The van der Waals surface area contributed by atoms with E-state index >= 15 is 0 Å². The van der Waals surface area contributed by atoms with Gasteiger partial charge in [0.15, 0.2) is 5.82 Å². The van der Waals surface area contributed by atoms with Crippen molar-refractivity contribution in [2.75, 3.05) is 18.4 Å². The van der Waals surface area contributed by atoms with Crippen LogP contribution in [0.15, 0.2) is 61.1 Å². The Kier molecular flexibility index (Phi) is 8.64. The number of alkyl carbamates (subject to hydrolysis) is 1. The number of aromatic nitrogens is 4. The first-order chi connectivity index (χ1) is 19.5.